The van der Waals surface area contributed by atoms with Crippen LogP contribution in [0.15, 0.2) is 0 Å². The predicted molar refractivity (Wildman–Crippen MR) is 82.0 cm³/mol. The molecule has 9 heteroatoms. The van der Waals surface area contributed by atoms with Crippen molar-refractivity contribution in [2.45, 2.75) is 44.7 Å². The molecule has 2 saturated heterocycles. The molecule has 21 heavy (non-hydrogen) atoms. The normalized spacial score (nSPS) is 30.5. The van der Waals surface area contributed by atoms with Gasteiger partial charge in [0.1, 0.15) is 0 Å². The second-order valence-electron chi connectivity index (χ2n) is 5.79. The molecule has 2 heterocycles. The summed E-state index contributed by atoms with van der Waals surface area (Å²) in [4.78, 5) is 0. The zero-order valence-corrected chi connectivity index (χ0v) is 14.0. The number of likely N-dealkylation sites (N-methyl/N-ethyl adjacent to an activating group) is 1. The van der Waals surface area contributed by atoms with Crippen LogP contribution in [-0.4, -0.2) is 64.4 Å². The molecule has 0 radical (unpaired) electrons. The van der Waals surface area contributed by atoms with Gasteiger partial charge in [0.2, 0.25) is 0 Å². The van der Waals surface area contributed by atoms with Crippen LogP contribution in [0.25, 0.3) is 0 Å². The van der Waals surface area contributed by atoms with E-state index in [2.05, 4.69) is 10.0 Å². The number of rotatable bonds is 6. The van der Waals surface area contributed by atoms with E-state index in [1.54, 1.807) is 0 Å². The van der Waals surface area contributed by atoms with Crippen LogP contribution in [0.3, 0.4) is 0 Å². The minimum Gasteiger partial charge on any atom is -0.315 e. The van der Waals surface area contributed by atoms with Gasteiger partial charge in [0.15, 0.2) is 9.84 Å². The number of sulfone groups is 1. The van der Waals surface area contributed by atoms with Crippen LogP contribution >= 0.6 is 0 Å². The monoisotopic (exact) mass is 339 g/mol. The smallest absolute Gasteiger partial charge is 0.280 e. The highest BCUT2D eigenvalue weighted by Crippen LogP contribution is 2.21. The Kier molecular flexibility index (Phi) is 5.64. The molecule has 0 aliphatic carbocycles. The van der Waals surface area contributed by atoms with E-state index in [9.17, 15) is 16.8 Å². The van der Waals surface area contributed by atoms with Crippen molar-refractivity contribution in [3.8, 4) is 0 Å². The summed E-state index contributed by atoms with van der Waals surface area (Å²) in [6.07, 6.45) is 3.09. The van der Waals surface area contributed by atoms with Gasteiger partial charge >= 0.3 is 0 Å². The van der Waals surface area contributed by atoms with Crippen LogP contribution in [0, 0.1) is 0 Å². The van der Waals surface area contributed by atoms with Crippen molar-refractivity contribution in [3.05, 3.63) is 0 Å². The Morgan fingerprint density at radius 2 is 2.00 bits per heavy atom. The van der Waals surface area contributed by atoms with E-state index in [4.69, 9.17) is 0 Å². The van der Waals surface area contributed by atoms with E-state index in [-0.39, 0.29) is 17.5 Å². The van der Waals surface area contributed by atoms with Crippen molar-refractivity contribution in [3.63, 3.8) is 0 Å². The van der Waals surface area contributed by atoms with Crippen LogP contribution < -0.4 is 10.0 Å². The second-order valence-corrected chi connectivity index (χ2v) is 9.67. The van der Waals surface area contributed by atoms with Crippen LogP contribution in [-0.2, 0) is 20.0 Å². The number of hydrogen-bond acceptors (Lipinski definition) is 5. The van der Waals surface area contributed by atoms with E-state index < -0.39 is 26.1 Å². The summed E-state index contributed by atoms with van der Waals surface area (Å²) in [7, 11) is -6.70. The summed E-state index contributed by atoms with van der Waals surface area (Å²) in [6.45, 7) is 3.94. The summed E-state index contributed by atoms with van der Waals surface area (Å²) in [6, 6.07) is -0.532. The fraction of sp³-hybridized carbons (Fsp3) is 1.00. The van der Waals surface area contributed by atoms with Crippen molar-refractivity contribution >= 4 is 20.0 Å². The summed E-state index contributed by atoms with van der Waals surface area (Å²) in [5.74, 6) is -0.0149. The van der Waals surface area contributed by atoms with Gasteiger partial charge in [-0.1, -0.05) is 13.3 Å². The van der Waals surface area contributed by atoms with Gasteiger partial charge in [-0.15, -0.1) is 0 Å². The van der Waals surface area contributed by atoms with Crippen LogP contribution in [0.4, 0.5) is 0 Å². The van der Waals surface area contributed by atoms with Crippen molar-refractivity contribution in [1.29, 1.82) is 0 Å². The second kappa shape index (κ2) is 6.91. The summed E-state index contributed by atoms with van der Waals surface area (Å²) in [5, 5.41) is 3.20. The van der Waals surface area contributed by atoms with Gasteiger partial charge in [-0.2, -0.15) is 17.4 Å². The molecule has 0 amide bonds. The number of nitrogens with zero attached hydrogens (tertiary/aromatic N) is 1. The molecule has 0 aromatic heterocycles. The molecule has 0 aromatic rings. The van der Waals surface area contributed by atoms with Gasteiger partial charge in [0.05, 0.1) is 11.5 Å². The van der Waals surface area contributed by atoms with E-state index in [1.807, 2.05) is 6.92 Å². The minimum atomic E-state index is -3.62. The van der Waals surface area contributed by atoms with Crippen LogP contribution in [0.5, 0.6) is 0 Å². The van der Waals surface area contributed by atoms with E-state index in [0.717, 1.165) is 25.8 Å². The standard InChI is InChI=1S/C12H25N3O4S2/c1-2-13-9-12-5-3-4-7-15(12)21(18,19)14-11-6-8-20(16,17)10-11/h11-14H,2-10H2,1H3. The van der Waals surface area contributed by atoms with Gasteiger partial charge in [-0.3, -0.25) is 0 Å². The highest BCUT2D eigenvalue weighted by molar-refractivity contribution is 7.91. The first-order valence-electron chi connectivity index (χ1n) is 7.54. The molecule has 2 atom stereocenters. The highest BCUT2D eigenvalue weighted by atomic mass is 32.2. The Balaban J connectivity index is 2.02. The number of nitrogens with one attached hydrogen (secondary N) is 2. The molecule has 124 valence electrons. The molecule has 0 spiro atoms. The Labute approximate surface area is 127 Å². The molecular formula is C12H25N3O4S2. The Morgan fingerprint density at radius 3 is 2.62 bits per heavy atom. The van der Waals surface area contributed by atoms with Gasteiger partial charge in [-0.05, 0) is 25.8 Å². The lowest BCUT2D eigenvalue weighted by Gasteiger charge is -2.35. The fourth-order valence-electron chi connectivity index (χ4n) is 2.97. The maximum atomic E-state index is 12.5. The molecule has 2 N–H and O–H groups in total. The van der Waals surface area contributed by atoms with Gasteiger partial charge in [0, 0.05) is 25.2 Å². The van der Waals surface area contributed by atoms with E-state index in [1.165, 1.54) is 4.31 Å². The third-order valence-electron chi connectivity index (χ3n) is 4.06. The fourth-order valence-corrected chi connectivity index (χ4v) is 6.45. The topological polar surface area (TPSA) is 95.6 Å². The Morgan fingerprint density at radius 1 is 1.24 bits per heavy atom. The average molecular weight is 339 g/mol. The van der Waals surface area contributed by atoms with E-state index >= 15 is 0 Å². The largest absolute Gasteiger partial charge is 0.315 e. The van der Waals surface area contributed by atoms with Crippen LogP contribution in [0.1, 0.15) is 32.6 Å². The molecule has 0 bridgehead atoms. The van der Waals surface area contributed by atoms with Crippen molar-refractivity contribution in [1.82, 2.24) is 14.3 Å². The average Bonchev–Trinajstić information content (AvgIpc) is 2.75. The van der Waals surface area contributed by atoms with Gasteiger partial charge < -0.3 is 5.32 Å². The third kappa shape index (κ3) is 4.62. The van der Waals surface area contributed by atoms with Crippen LogP contribution in [0.2, 0.25) is 0 Å². The zero-order valence-electron chi connectivity index (χ0n) is 12.4. The third-order valence-corrected chi connectivity index (χ3v) is 7.56. The predicted octanol–water partition coefficient (Wildman–Crippen LogP) is -0.528. The summed E-state index contributed by atoms with van der Waals surface area (Å²) < 4.78 is 52.0. The first-order valence-corrected chi connectivity index (χ1v) is 10.8. The molecule has 2 aliphatic rings. The summed E-state index contributed by atoms with van der Waals surface area (Å²) >= 11 is 0. The zero-order chi connectivity index (χ0) is 15.5. The Hall–Kier alpha value is -0.220. The molecule has 2 unspecified atom stereocenters. The molecule has 2 aliphatic heterocycles. The lowest BCUT2D eigenvalue weighted by molar-refractivity contribution is 0.243. The lowest BCUT2D eigenvalue weighted by Crippen LogP contribution is -2.54. The minimum absolute atomic E-state index is 0.0470. The van der Waals surface area contributed by atoms with E-state index in [0.29, 0.717) is 19.5 Å². The van der Waals surface area contributed by atoms with Crippen molar-refractivity contribution < 1.29 is 16.8 Å². The van der Waals surface area contributed by atoms with Crippen molar-refractivity contribution in [2.75, 3.05) is 31.1 Å². The molecule has 7 nitrogen and oxygen atoms in total. The lowest BCUT2D eigenvalue weighted by atomic mass is 10.1. The quantitative estimate of drug-likeness (QED) is 0.678. The van der Waals surface area contributed by atoms with Crippen molar-refractivity contribution in [2.24, 2.45) is 0 Å². The van der Waals surface area contributed by atoms with Gasteiger partial charge in [0.25, 0.3) is 10.2 Å². The number of piperidine rings is 1. The number of hydrogen-bond donors (Lipinski definition) is 2. The Bertz CT molecular complexity index is 547. The highest BCUT2D eigenvalue weighted by Gasteiger charge is 2.36. The SMILES string of the molecule is CCNCC1CCCCN1S(=O)(=O)NC1CCS(=O)(=O)C1. The first kappa shape index (κ1) is 17.1. The summed E-state index contributed by atoms with van der Waals surface area (Å²) in [5.41, 5.74) is 0. The molecule has 2 fully saturated rings. The first-order chi connectivity index (χ1) is 9.84. The molecule has 0 aromatic carbocycles. The van der Waals surface area contributed by atoms with Gasteiger partial charge in [-0.25, -0.2) is 8.42 Å². The molecule has 2 rings (SSSR count). The molecule has 0 saturated carbocycles. The molecular weight excluding hydrogens is 314 g/mol. The maximum Gasteiger partial charge on any atom is 0.280 e. The maximum absolute atomic E-state index is 12.5.